The number of carbonyl (C=O) groups excluding carboxylic acids is 1. The summed E-state index contributed by atoms with van der Waals surface area (Å²) >= 11 is 6.10. The predicted octanol–water partition coefficient (Wildman–Crippen LogP) is 4.84. The minimum atomic E-state index is -0.709. The van der Waals surface area contributed by atoms with E-state index in [1.807, 2.05) is 44.5 Å². The molecule has 2 aromatic rings. The fraction of sp³-hybridized carbons (Fsp3) is 0.444. The quantitative estimate of drug-likeness (QED) is 0.557. The van der Waals surface area contributed by atoms with Gasteiger partial charge in [0, 0.05) is 66.0 Å². The van der Waals surface area contributed by atoms with Crippen LogP contribution in [0.5, 0.6) is 0 Å². The molecule has 5 radical (unpaired) electrons. The lowest BCUT2D eigenvalue weighted by Crippen LogP contribution is -2.52. The molecule has 1 amide bonds. The molecule has 0 unspecified atom stereocenters. The zero-order valence-electron chi connectivity index (χ0n) is 20.1. The normalized spacial score (nSPS) is 27.3. The highest BCUT2D eigenvalue weighted by Gasteiger charge is 2.46. The molecular weight excluding hydrogens is 466 g/mol. The molecular formula is C27H31ClN3O4. The summed E-state index contributed by atoms with van der Waals surface area (Å²) < 4.78 is 5.98. The van der Waals surface area contributed by atoms with Gasteiger partial charge in [-0.3, -0.25) is 9.78 Å². The van der Waals surface area contributed by atoms with E-state index in [1.165, 1.54) is 0 Å². The van der Waals surface area contributed by atoms with Crippen molar-refractivity contribution in [3.8, 4) is 0 Å². The first-order chi connectivity index (χ1) is 16.8. The first-order valence-electron chi connectivity index (χ1n) is 12.1. The molecule has 3 fully saturated rings. The Hall–Kier alpha value is -1.93. The van der Waals surface area contributed by atoms with Gasteiger partial charge in [0.05, 0.1) is 12.1 Å². The average molecular weight is 497 g/mol. The highest BCUT2D eigenvalue weighted by atomic mass is 35.5. The zero-order chi connectivity index (χ0) is 24.5. The molecule has 35 heavy (non-hydrogen) atoms. The summed E-state index contributed by atoms with van der Waals surface area (Å²) in [6.07, 6.45) is 10.7. The standard InChI is InChI=1S/C27H31ClN3O4/c1-26(2)17-33-27(35-34-26)11-8-18(9-12-27)25(32)31-16-20-5-3-4-19(20)15-30-23-10-13-29-24-14-21(28)6-7-22(23)24/h3-7,10,13-14,18H,8-9,11-12,15-17H2,1-2H3,(H,29,30)(H,31,32). The van der Waals surface area contributed by atoms with Crippen LogP contribution in [-0.2, 0) is 19.3 Å². The number of fused-ring (bicyclic) bond motifs is 1. The largest absolute Gasteiger partial charge is 0.384 e. The van der Waals surface area contributed by atoms with Crippen LogP contribution in [-0.4, -0.2) is 42.0 Å². The van der Waals surface area contributed by atoms with Gasteiger partial charge in [-0.1, -0.05) is 11.6 Å². The van der Waals surface area contributed by atoms with E-state index in [-0.39, 0.29) is 11.8 Å². The summed E-state index contributed by atoms with van der Waals surface area (Å²) in [7, 11) is 0. The molecule has 2 heterocycles. The number of hydrogen-bond donors (Lipinski definition) is 2. The first kappa shape index (κ1) is 24.8. The van der Waals surface area contributed by atoms with Gasteiger partial charge in [-0.2, -0.15) is 0 Å². The topological polar surface area (TPSA) is 81.7 Å². The van der Waals surface area contributed by atoms with Crippen LogP contribution in [0.25, 0.3) is 10.9 Å². The lowest BCUT2D eigenvalue weighted by molar-refractivity contribution is -0.511. The van der Waals surface area contributed by atoms with Crippen LogP contribution in [0, 0.1) is 37.0 Å². The number of hydrogen-bond acceptors (Lipinski definition) is 6. The molecule has 8 heteroatoms. The molecule has 5 rings (SSSR count). The molecule has 1 aliphatic heterocycles. The van der Waals surface area contributed by atoms with Crippen molar-refractivity contribution in [2.45, 2.75) is 50.9 Å². The van der Waals surface area contributed by atoms with Gasteiger partial charge in [0.25, 0.3) is 0 Å². The van der Waals surface area contributed by atoms with E-state index in [0.717, 1.165) is 28.4 Å². The van der Waals surface area contributed by atoms with E-state index in [1.54, 1.807) is 6.20 Å². The third-order valence-corrected chi connectivity index (χ3v) is 7.09. The lowest BCUT2D eigenvalue weighted by atomic mass is 9.84. The van der Waals surface area contributed by atoms with Gasteiger partial charge < -0.3 is 15.4 Å². The number of aromatic nitrogens is 1. The van der Waals surface area contributed by atoms with Crippen molar-refractivity contribution >= 4 is 34.1 Å². The molecule has 1 spiro atoms. The second-order valence-electron chi connectivity index (χ2n) is 10.1. The van der Waals surface area contributed by atoms with Crippen molar-refractivity contribution < 1.29 is 19.3 Å². The van der Waals surface area contributed by atoms with Crippen molar-refractivity contribution in [1.29, 1.82) is 0 Å². The maximum atomic E-state index is 12.9. The third kappa shape index (κ3) is 5.74. The Morgan fingerprint density at radius 1 is 1.11 bits per heavy atom. The molecule has 1 saturated heterocycles. The van der Waals surface area contributed by atoms with Crippen LogP contribution in [0.4, 0.5) is 5.69 Å². The Kier molecular flexibility index (Phi) is 7.22. The number of pyridine rings is 1. The monoisotopic (exact) mass is 496 g/mol. The van der Waals surface area contributed by atoms with Crippen LogP contribution in [0.3, 0.4) is 0 Å². The van der Waals surface area contributed by atoms with Crippen LogP contribution in [0.15, 0.2) is 30.5 Å². The smallest absolute Gasteiger partial charge is 0.223 e. The molecule has 3 aliphatic rings. The number of rotatable bonds is 6. The van der Waals surface area contributed by atoms with E-state index >= 15 is 0 Å². The minimum absolute atomic E-state index is 0.0469. The number of nitrogens with zero attached hydrogens (tertiary/aromatic N) is 1. The van der Waals surface area contributed by atoms with Crippen LogP contribution in [0.2, 0.25) is 5.02 Å². The van der Waals surface area contributed by atoms with E-state index in [0.29, 0.717) is 50.4 Å². The Morgan fingerprint density at radius 3 is 2.63 bits per heavy atom. The molecule has 185 valence electrons. The fourth-order valence-electron chi connectivity index (χ4n) is 4.72. The van der Waals surface area contributed by atoms with E-state index in [9.17, 15) is 4.79 Å². The van der Waals surface area contributed by atoms with Crippen LogP contribution >= 0.6 is 11.6 Å². The molecule has 1 aromatic carbocycles. The van der Waals surface area contributed by atoms with Gasteiger partial charge in [-0.25, -0.2) is 9.78 Å². The number of halogens is 1. The molecule has 2 saturated carbocycles. The SMILES string of the molecule is CC1(C)COC2(CCC(C(=O)NC[C]3[CH][CH][CH][C]3CNc3ccnc4cc(Cl)ccc34)CC2)OO1. The minimum Gasteiger partial charge on any atom is -0.384 e. The van der Waals surface area contributed by atoms with Crippen molar-refractivity contribution in [3.63, 3.8) is 0 Å². The van der Waals surface area contributed by atoms with E-state index < -0.39 is 11.4 Å². The molecule has 2 N–H and O–H groups in total. The maximum Gasteiger partial charge on any atom is 0.223 e. The summed E-state index contributed by atoms with van der Waals surface area (Å²) in [5.74, 6) is 1.58. The molecule has 0 atom stereocenters. The molecule has 2 aliphatic carbocycles. The number of benzene rings is 1. The number of carbonyl (C=O) groups is 1. The highest BCUT2D eigenvalue weighted by Crippen LogP contribution is 2.40. The molecule has 7 nitrogen and oxygen atoms in total. The zero-order valence-corrected chi connectivity index (χ0v) is 20.9. The Bertz CT molecular complexity index is 1040. The summed E-state index contributed by atoms with van der Waals surface area (Å²) in [6.45, 7) is 5.50. The van der Waals surface area contributed by atoms with Gasteiger partial charge in [0.15, 0.2) is 0 Å². The summed E-state index contributed by atoms with van der Waals surface area (Å²) in [5.41, 5.74) is 1.41. The van der Waals surface area contributed by atoms with Gasteiger partial charge in [-0.05, 0) is 70.2 Å². The van der Waals surface area contributed by atoms with Gasteiger partial charge in [0.2, 0.25) is 11.7 Å². The second kappa shape index (κ2) is 10.2. The van der Waals surface area contributed by atoms with Crippen molar-refractivity contribution in [3.05, 3.63) is 66.6 Å². The fourth-order valence-corrected chi connectivity index (χ4v) is 4.89. The lowest BCUT2D eigenvalue weighted by Gasteiger charge is -2.44. The van der Waals surface area contributed by atoms with Crippen LogP contribution < -0.4 is 10.6 Å². The molecule has 0 bridgehead atoms. The summed E-state index contributed by atoms with van der Waals surface area (Å²) in [4.78, 5) is 28.4. The number of nitrogens with one attached hydrogen (secondary N) is 2. The highest BCUT2D eigenvalue weighted by molar-refractivity contribution is 6.31. The number of anilines is 1. The predicted molar refractivity (Wildman–Crippen MR) is 135 cm³/mol. The summed E-state index contributed by atoms with van der Waals surface area (Å²) in [5, 5.41) is 8.32. The Morgan fingerprint density at radius 2 is 1.89 bits per heavy atom. The van der Waals surface area contributed by atoms with Crippen molar-refractivity contribution in [1.82, 2.24) is 10.3 Å². The van der Waals surface area contributed by atoms with Crippen molar-refractivity contribution in [2.75, 3.05) is 25.0 Å². The molecule has 1 aromatic heterocycles. The van der Waals surface area contributed by atoms with Crippen LogP contribution in [0.1, 0.15) is 39.5 Å². The Balaban J connectivity index is 1.09. The third-order valence-electron chi connectivity index (χ3n) is 6.85. The number of amides is 1. The van der Waals surface area contributed by atoms with E-state index in [2.05, 4.69) is 28.5 Å². The van der Waals surface area contributed by atoms with Gasteiger partial charge in [-0.15, -0.1) is 0 Å². The summed E-state index contributed by atoms with van der Waals surface area (Å²) in [6, 6.07) is 7.67. The first-order valence-corrected chi connectivity index (χ1v) is 12.5. The maximum absolute atomic E-state index is 12.9. The second-order valence-corrected chi connectivity index (χ2v) is 10.5. The number of ether oxygens (including phenoxy) is 1. The van der Waals surface area contributed by atoms with Crippen molar-refractivity contribution in [2.24, 2.45) is 5.92 Å². The van der Waals surface area contributed by atoms with Gasteiger partial charge in [0.1, 0.15) is 5.60 Å². The van der Waals surface area contributed by atoms with E-state index in [4.69, 9.17) is 26.1 Å². The Labute approximate surface area is 212 Å². The van der Waals surface area contributed by atoms with Gasteiger partial charge >= 0.3 is 0 Å². The average Bonchev–Trinajstić information content (AvgIpc) is 3.31.